The Hall–Kier alpha value is -1.35. The van der Waals surface area contributed by atoms with Crippen LogP contribution in [0.15, 0.2) is 24.3 Å². The quantitative estimate of drug-likeness (QED) is 0.888. The summed E-state index contributed by atoms with van der Waals surface area (Å²) in [5.41, 5.74) is 8.28. The summed E-state index contributed by atoms with van der Waals surface area (Å²) in [6, 6.07) is 8.67. The van der Waals surface area contributed by atoms with E-state index in [-0.39, 0.29) is 17.9 Å². The largest absolute Gasteiger partial charge is 0.338 e. The summed E-state index contributed by atoms with van der Waals surface area (Å²) in [4.78, 5) is 14.1. The Morgan fingerprint density at radius 2 is 2.22 bits per heavy atom. The van der Waals surface area contributed by atoms with Gasteiger partial charge in [-0.05, 0) is 30.4 Å². The molecule has 0 radical (unpaired) electrons. The predicted octanol–water partition coefficient (Wildman–Crippen LogP) is 2.12. The highest BCUT2D eigenvalue weighted by Gasteiger charge is 2.28. The monoisotopic (exact) mass is 246 g/mol. The van der Waals surface area contributed by atoms with E-state index in [2.05, 4.69) is 24.3 Å². The normalized spacial score (nSPS) is 20.1. The summed E-state index contributed by atoms with van der Waals surface area (Å²) >= 11 is 0. The fourth-order valence-corrected chi connectivity index (χ4v) is 2.73. The van der Waals surface area contributed by atoms with Gasteiger partial charge in [-0.3, -0.25) is 4.79 Å². The Balaban J connectivity index is 2.22. The zero-order valence-electron chi connectivity index (χ0n) is 11.2. The van der Waals surface area contributed by atoms with E-state index in [4.69, 9.17) is 5.73 Å². The van der Waals surface area contributed by atoms with Crippen molar-refractivity contribution in [2.45, 2.75) is 32.2 Å². The van der Waals surface area contributed by atoms with E-state index in [9.17, 15) is 4.79 Å². The topological polar surface area (TPSA) is 46.3 Å². The van der Waals surface area contributed by atoms with Gasteiger partial charge in [0.2, 0.25) is 5.91 Å². The van der Waals surface area contributed by atoms with E-state index < -0.39 is 0 Å². The Morgan fingerprint density at radius 3 is 2.94 bits per heavy atom. The maximum Gasteiger partial charge on any atom is 0.226 e. The highest BCUT2D eigenvalue weighted by molar-refractivity contribution is 5.79. The van der Waals surface area contributed by atoms with Crippen LogP contribution in [-0.2, 0) is 11.2 Å². The van der Waals surface area contributed by atoms with Crippen LogP contribution in [-0.4, -0.2) is 24.4 Å². The van der Waals surface area contributed by atoms with Crippen LogP contribution in [0.3, 0.4) is 0 Å². The molecule has 1 aromatic carbocycles. The summed E-state index contributed by atoms with van der Waals surface area (Å²) in [6.07, 6.45) is 3.33. The van der Waals surface area contributed by atoms with Crippen molar-refractivity contribution in [1.29, 1.82) is 0 Å². The maximum atomic E-state index is 12.2. The number of benzene rings is 1. The molecule has 1 aliphatic rings. The molecule has 0 spiro atoms. The van der Waals surface area contributed by atoms with Crippen LogP contribution in [0.25, 0.3) is 0 Å². The van der Waals surface area contributed by atoms with E-state index in [1.807, 2.05) is 18.9 Å². The zero-order chi connectivity index (χ0) is 13.1. The SMILES string of the molecule is CC(CN)C(=O)N(C)C1CCCc2ccccc21. The minimum atomic E-state index is -0.0934. The molecule has 3 heteroatoms. The van der Waals surface area contributed by atoms with Crippen molar-refractivity contribution in [2.24, 2.45) is 11.7 Å². The van der Waals surface area contributed by atoms with Crippen molar-refractivity contribution in [3.8, 4) is 0 Å². The van der Waals surface area contributed by atoms with Gasteiger partial charge in [0.25, 0.3) is 0 Å². The predicted molar refractivity (Wildman–Crippen MR) is 73.1 cm³/mol. The number of carbonyl (C=O) groups excluding carboxylic acids is 1. The van der Waals surface area contributed by atoms with Gasteiger partial charge in [-0.15, -0.1) is 0 Å². The first-order chi connectivity index (χ1) is 8.65. The number of hydrogen-bond donors (Lipinski definition) is 1. The van der Waals surface area contributed by atoms with E-state index in [1.54, 1.807) is 0 Å². The molecule has 18 heavy (non-hydrogen) atoms. The second-order valence-electron chi connectivity index (χ2n) is 5.19. The molecule has 2 atom stereocenters. The van der Waals surface area contributed by atoms with Crippen molar-refractivity contribution in [3.05, 3.63) is 35.4 Å². The smallest absolute Gasteiger partial charge is 0.226 e. The van der Waals surface area contributed by atoms with Gasteiger partial charge >= 0.3 is 0 Å². The van der Waals surface area contributed by atoms with Crippen LogP contribution >= 0.6 is 0 Å². The van der Waals surface area contributed by atoms with Gasteiger partial charge in [0.05, 0.1) is 6.04 Å². The second-order valence-corrected chi connectivity index (χ2v) is 5.19. The van der Waals surface area contributed by atoms with Gasteiger partial charge in [-0.2, -0.15) is 0 Å². The van der Waals surface area contributed by atoms with E-state index in [1.165, 1.54) is 11.1 Å². The van der Waals surface area contributed by atoms with Gasteiger partial charge in [-0.25, -0.2) is 0 Å². The van der Waals surface area contributed by atoms with Gasteiger partial charge in [-0.1, -0.05) is 31.2 Å². The highest BCUT2D eigenvalue weighted by atomic mass is 16.2. The maximum absolute atomic E-state index is 12.2. The Bertz CT molecular complexity index is 430. The van der Waals surface area contributed by atoms with Crippen molar-refractivity contribution in [1.82, 2.24) is 4.90 Å². The van der Waals surface area contributed by atoms with Crippen LogP contribution in [0.4, 0.5) is 0 Å². The van der Waals surface area contributed by atoms with Crippen LogP contribution < -0.4 is 5.73 Å². The first kappa shape index (κ1) is 13.1. The second kappa shape index (κ2) is 5.53. The first-order valence-electron chi connectivity index (χ1n) is 6.69. The van der Waals surface area contributed by atoms with Crippen molar-refractivity contribution >= 4 is 5.91 Å². The molecule has 2 N–H and O–H groups in total. The van der Waals surface area contributed by atoms with E-state index in [0.717, 1.165) is 19.3 Å². The Labute approximate surface area is 109 Å². The van der Waals surface area contributed by atoms with Crippen molar-refractivity contribution < 1.29 is 4.79 Å². The van der Waals surface area contributed by atoms with Gasteiger partial charge in [0.15, 0.2) is 0 Å². The van der Waals surface area contributed by atoms with E-state index in [0.29, 0.717) is 6.54 Å². The fourth-order valence-electron chi connectivity index (χ4n) is 2.73. The Kier molecular flexibility index (Phi) is 4.02. The summed E-state index contributed by atoms with van der Waals surface area (Å²) in [7, 11) is 1.90. The third-order valence-electron chi connectivity index (χ3n) is 3.93. The number of fused-ring (bicyclic) bond motifs is 1. The number of amides is 1. The summed E-state index contributed by atoms with van der Waals surface area (Å²) in [6.45, 7) is 2.31. The van der Waals surface area contributed by atoms with Crippen molar-refractivity contribution in [2.75, 3.05) is 13.6 Å². The molecular weight excluding hydrogens is 224 g/mol. The molecule has 1 amide bonds. The molecule has 98 valence electrons. The molecule has 1 aromatic rings. The molecule has 0 fully saturated rings. The van der Waals surface area contributed by atoms with Gasteiger partial charge in [0.1, 0.15) is 0 Å². The average molecular weight is 246 g/mol. The molecular formula is C15H22N2O. The minimum absolute atomic E-state index is 0.0934. The minimum Gasteiger partial charge on any atom is -0.338 e. The van der Waals surface area contributed by atoms with Gasteiger partial charge < -0.3 is 10.6 Å². The molecule has 0 aromatic heterocycles. The lowest BCUT2D eigenvalue weighted by Crippen LogP contribution is -2.38. The fraction of sp³-hybridized carbons (Fsp3) is 0.533. The third kappa shape index (κ3) is 2.41. The standard InChI is InChI=1S/C15H22N2O/c1-11(10-16)15(18)17(2)14-9-5-7-12-6-3-4-8-13(12)14/h3-4,6,8,11,14H,5,7,9-10,16H2,1-2H3. The molecule has 0 heterocycles. The highest BCUT2D eigenvalue weighted by Crippen LogP contribution is 2.33. The number of nitrogens with zero attached hydrogens (tertiary/aromatic N) is 1. The number of carbonyl (C=O) groups is 1. The van der Waals surface area contributed by atoms with E-state index >= 15 is 0 Å². The summed E-state index contributed by atoms with van der Waals surface area (Å²) < 4.78 is 0. The lowest BCUT2D eigenvalue weighted by Gasteiger charge is -2.34. The summed E-state index contributed by atoms with van der Waals surface area (Å²) in [5, 5.41) is 0. The van der Waals surface area contributed by atoms with Gasteiger partial charge in [0, 0.05) is 19.5 Å². The van der Waals surface area contributed by atoms with Crippen molar-refractivity contribution in [3.63, 3.8) is 0 Å². The molecule has 2 unspecified atom stereocenters. The zero-order valence-corrected chi connectivity index (χ0v) is 11.2. The van der Waals surface area contributed by atoms with Crippen LogP contribution in [0, 0.1) is 5.92 Å². The molecule has 1 aliphatic carbocycles. The molecule has 3 nitrogen and oxygen atoms in total. The number of aryl methyl sites for hydroxylation is 1. The molecule has 0 aliphatic heterocycles. The van der Waals surface area contributed by atoms with Crippen LogP contribution in [0.1, 0.15) is 36.9 Å². The molecule has 2 rings (SSSR count). The number of nitrogens with two attached hydrogens (primary N) is 1. The first-order valence-corrected chi connectivity index (χ1v) is 6.69. The Morgan fingerprint density at radius 1 is 1.50 bits per heavy atom. The molecule has 0 saturated heterocycles. The third-order valence-corrected chi connectivity index (χ3v) is 3.93. The molecule has 0 saturated carbocycles. The lowest BCUT2D eigenvalue weighted by atomic mass is 9.86. The lowest BCUT2D eigenvalue weighted by molar-refractivity contribution is -0.135. The number of rotatable bonds is 3. The molecule has 0 bridgehead atoms. The number of hydrogen-bond acceptors (Lipinski definition) is 2. The average Bonchev–Trinajstić information content (AvgIpc) is 2.44. The van der Waals surface area contributed by atoms with Crippen LogP contribution in [0.5, 0.6) is 0 Å². The summed E-state index contributed by atoms with van der Waals surface area (Å²) in [5.74, 6) is 0.0586. The van der Waals surface area contributed by atoms with Crippen LogP contribution in [0.2, 0.25) is 0 Å².